The Balaban J connectivity index is -0.000000107. The number of hydrogen-bond donors (Lipinski definition) is 0. The molecule has 0 radical (unpaired) electrons. The molecular weight excluding hydrogens is 282 g/mol. The van der Waals surface area contributed by atoms with Crippen molar-refractivity contribution in [2.24, 2.45) is 0 Å². The second-order valence-electron chi connectivity index (χ2n) is 2.52. The van der Waals surface area contributed by atoms with Crippen LogP contribution in [0.1, 0.15) is 45.4 Å². The Bertz CT molecular complexity index is 50.3. The first-order chi connectivity index (χ1) is 4.41. The van der Waals surface area contributed by atoms with Crippen LogP contribution in [-0.2, 0) is 0 Å². The van der Waals surface area contributed by atoms with Crippen LogP contribution in [-0.4, -0.2) is 33.5 Å². The molecule has 0 aromatic heterocycles. The zero-order chi connectivity index (χ0) is 6.95. The van der Waals surface area contributed by atoms with Gasteiger partial charge < -0.3 is 23.4 Å². The van der Waals surface area contributed by atoms with Crippen molar-refractivity contribution in [3.05, 3.63) is 0 Å². The van der Waals surface area contributed by atoms with E-state index in [4.69, 9.17) is 0 Å². The number of unbranched alkanes of at least 4 members (excludes halogenated alkanes) is 5. The first kappa shape index (κ1) is 23.1. The Morgan fingerprint density at radius 1 is 0.833 bits per heavy atom. The van der Waals surface area contributed by atoms with Crippen LogP contribution in [0.15, 0.2) is 0 Å². The predicted octanol–water partition coefficient (Wildman–Crippen LogP) is -0.416. The summed E-state index contributed by atoms with van der Waals surface area (Å²) in [6.07, 6.45) is 8.71. The zero-order valence-corrected chi connectivity index (χ0v) is 11.3. The summed E-state index contributed by atoms with van der Waals surface area (Å²) in [5.74, 6) is 0. The number of rotatable bonds is 6. The number of halogens is 1. The minimum atomic E-state index is 0. The molecule has 12 heavy (non-hydrogen) atoms. The molecule has 2 nitrogen and oxygen atoms in total. The molecule has 0 heterocycles. The van der Waals surface area contributed by atoms with Crippen LogP contribution in [0.3, 0.4) is 0 Å². The molecule has 0 saturated carbocycles. The van der Waals surface area contributed by atoms with Crippen LogP contribution in [0.25, 0.3) is 0 Å². The smallest absolute Gasteiger partial charge is 0.870 e. The maximum Gasteiger partial charge on any atom is -0.870 e. The average Bonchev–Trinajstić information content (AvgIpc) is 1.89. The van der Waals surface area contributed by atoms with Crippen LogP contribution in [0, 0.1) is 0 Å². The maximum absolute atomic E-state index is 2.27. The van der Waals surface area contributed by atoms with Gasteiger partial charge in [-0.1, -0.05) is 0 Å². The molecule has 0 amide bonds. The van der Waals surface area contributed by atoms with E-state index >= 15 is 0 Å². The van der Waals surface area contributed by atoms with Gasteiger partial charge in [0, 0.05) is 0 Å². The monoisotopic (exact) mass is 302 g/mol. The molecule has 0 spiro atoms. The van der Waals surface area contributed by atoms with Crippen molar-refractivity contribution in [2.45, 2.75) is 49.9 Å². The summed E-state index contributed by atoms with van der Waals surface area (Å²) in [6, 6.07) is 0. The number of hydrogen-bond acceptors (Lipinski definition) is 2. The van der Waals surface area contributed by atoms with Gasteiger partial charge in [-0.2, -0.15) is 0 Å². The first-order valence-corrected chi connectivity index (χ1v) is 6.08. The topological polar surface area (TPSA) is 60.0 Å². The van der Waals surface area contributed by atoms with Crippen LogP contribution in [0.5, 0.6) is 0 Å². The Kier molecular flexibility index (Phi) is 43.7. The molecule has 0 aliphatic heterocycles. The molecule has 0 aromatic rings. The van der Waals surface area contributed by atoms with Crippen LogP contribution in [0.4, 0.5) is 0 Å². The van der Waals surface area contributed by atoms with E-state index in [0.717, 1.165) is 0 Å². The maximum atomic E-state index is 2.27. The van der Waals surface area contributed by atoms with E-state index in [0.29, 0.717) is 0 Å². The predicted molar refractivity (Wildman–Crippen MR) is 47.8 cm³/mol. The fourth-order valence-electron chi connectivity index (χ4n) is 0.905. The molecule has 74 valence electrons. The largest absolute Gasteiger partial charge is 1.00 e. The summed E-state index contributed by atoms with van der Waals surface area (Å²) in [4.78, 5) is 0. The molecule has 2 N–H and O–H groups in total. The summed E-state index contributed by atoms with van der Waals surface area (Å²) in [5, 5.41) is 0. The van der Waals surface area contributed by atoms with Crippen LogP contribution < -0.4 is 12.4 Å². The van der Waals surface area contributed by atoms with Crippen molar-refractivity contribution < 1.29 is 23.4 Å². The zero-order valence-electron chi connectivity index (χ0n) is 7.72. The molecule has 0 fully saturated rings. The third-order valence-electron chi connectivity index (χ3n) is 1.53. The molecular formula is C8H19ClO2Sn. The Labute approximate surface area is 95.6 Å². The van der Waals surface area contributed by atoms with Crippen molar-refractivity contribution >= 4 is 22.5 Å². The molecule has 0 aliphatic carbocycles. The van der Waals surface area contributed by atoms with E-state index in [1.807, 2.05) is 0 Å². The van der Waals surface area contributed by atoms with Crippen molar-refractivity contribution in [1.82, 2.24) is 0 Å². The van der Waals surface area contributed by atoms with Gasteiger partial charge in [-0.05, 0) is 0 Å². The van der Waals surface area contributed by atoms with Crippen LogP contribution in [0.2, 0.25) is 4.44 Å². The third-order valence-corrected chi connectivity index (χ3v) is 2.54. The van der Waals surface area contributed by atoms with Gasteiger partial charge in [-0.3, -0.25) is 0 Å². The molecule has 0 atom stereocenters. The van der Waals surface area contributed by atoms with E-state index in [1.54, 1.807) is 22.5 Å². The van der Waals surface area contributed by atoms with E-state index in [9.17, 15) is 0 Å². The van der Waals surface area contributed by atoms with Gasteiger partial charge in [0.05, 0.1) is 0 Å². The normalized spacial score (nSPS) is 7.58. The van der Waals surface area contributed by atoms with E-state index in [1.165, 1.54) is 43.0 Å². The summed E-state index contributed by atoms with van der Waals surface area (Å²) in [6.45, 7) is 2.27. The van der Waals surface area contributed by atoms with E-state index in [-0.39, 0.29) is 23.4 Å². The molecule has 0 unspecified atom stereocenters. The molecule has 0 rings (SSSR count). The summed E-state index contributed by atoms with van der Waals surface area (Å²) < 4.78 is 1.46. The average molecular weight is 301 g/mol. The molecule has 0 aromatic carbocycles. The van der Waals surface area contributed by atoms with Gasteiger partial charge in [0.2, 0.25) is 0 Å². The van der Waals surface area contributed by atoms with Gasteiger partial charge in [-0.25, -0.2) is 0 Å². The molecule has 4 heteroatoms. The van der Waals surface area contributed by atoms with E-state index < -0.39 is 0 Å². The fourth-order valence-corrected chi connectivity index (χ4v) is 1.62. The van der Waals surface area contributed by atoms with Gasteiger partial charge in [0.15, 0.2) is 0 Å². The SMILES string of the molecule is CCCCCCC[CH2][Sn+3].[Cl-].[OH-].[OH-]. The van der Waals surface area contributed by atoms with E-state index in [2.05, 4.69) is 6.92 Å². The minimum Gasteiger partial charge on any atom is -1.00 e. The molecule has 0 bridgehead atoms. The van der Waals surface area contributed by atoms with Gasteiger partial charge in [-0.15, -0.1) is 0 Å². The Hall–Kier alpha value is 1.01. The van der Waals surface area contributed by atoms with Crippen molar-refractivity contribution in [3.63, 3.8) is 0 Å². The minimum absolute atomic E-state index is 0. The summed E-state index contributed by atoms with van der Waals surface area (Å²) >= 11 is 1.71. The van der Waals surface area contributed by atoms with Crippen LogP contribution >= 0.6 is 0 Å². The Morgan fingerprint density at radius 2 is 1.25 bits per heavy atom. The first-order valence-electron chi connectivity index (χ1n) is 4.06. The third kappa shape index (κ3) is 22.5. The fraction of sp³-hybridized carbons (Fsp3) is 1.00. The van der Waals surface area contributed by atoms with Gasteiger partial charge in [0.25, 0.3) is 0 Å². The second-order valence-corrected chi connectivity index (χ2v) is 3.94. The molecule has 0 aliphatic rings. The van der Waals surface area contributed by atoms with Crippen molar-refractivity contribution in [1.29, 1.82) is 0 Å². The summed E-state index contributed by atoms with van der Waals surface area (Å²) in [7, 11) is 0. The Morgan fingerprint density at radius 3 is 1.67 bits per heavy atom. The van der Waals surface area contributed by atoms with Crippen molar-refractivity contribution in [3.8, 4) is 0 Å². The quantitative estimate of drug-likeness (QED) is 0.494. The van der Waals surface area contributed by atoms with Gasteiger partial charge in [0.1, 0.15) is 0 Å². The molecule has 0 saturated heterocycles. The summed E-state index contributed by atoms with van der Waals surface area (Å²) in [5.41, 5.74) is 0. The standard InChI is InChI=1S/C8H17.ClH.2H2O.Sn/c1-3-5-7-8-6-4-2;;;;/h1,3-8H2,2H3;1H;2*1H2;/q;;;;+3/p-3. The van der Waals surface area contributed by atoms with Gasteiger partial charge >= 0.3 is 72.4 Å². The van der Waals surface area contributed by atoms with Crippen molar-refractivity contribution in [2.75, 3.05) is 0 Å². The second kappa shape index (κ2) is 22.7.